The molecule has 20 heavy (non-hydrogen) atoms. The van der Waals surface area contributed by atoms with E-state index in [0.29, 0.717) is 17.9 Å². The summed E-state index contributed by atoms with van der Waals surface area (Å²) in [5.74, 6) is 0.544. The molecule has 1 aliphatic rings. The first-order valence-electron chi connectivity index (χ1n) is 6.94. The van der Waals surface area contributed by atoms with Gasteiger partial charge in [-0.3, -0.25) is 9.69 Å². The number of rotatable bonds is 5. The van der Waals surface area contributed by atoms with Crippen molar-refractivity contribution in [3.05, 3.63) is 29.3 Å². The number of nitrogens with zero attached hydrogens (tertiary/aromatic N) is 1. The minimum absolute atomic E-state index is 0.0757. The second kappa shape index (κ2) is 7.26. The van der Waals surface area contributed by atoms with Crippen LogP contribution >= 0.6 is 0 Å². The highest BCUT2D eigenvalue weighted by atomic mass is 16.5. The molecule has 2 rings (SSSR count). The molecule has 1 amide bonds. The predicted molar refractivity (Wildman–Crippen MR) is 77.3 cm³/mol. The van der Waals surface area contributed by atoms with Crippen molar-refractivity contribution >= 4 is 5.91 Å². The Morgan fingerprint density at radius 2 is 2.15 bits per heavy atom. The second-order valence-corrected chi connectivity index (χ2v) is 4.86. The average Bonchev–Trinajstić information content (AvgIpc) is 2.47. The number of benzene rings is 1. The summed E-state index contributed by atoms with van der Waals surface area (Å²) >= 11 is 0. The van der Waals surface area contributed by atoms with Gasteiger partial charge in [-0.2, -0.15) is 0 Å². The topological polar surface area (TPSA) is 50.8 Å². The van der Waals surface area contributed by atoms with Gasteiger partial charge in [0, 0.05) is 26.2 Å². The van der Waals surface area contributed by atoms with Gasteiger partial charge in [-0.1, -0.05) is 12.1 Å². The molecule has 1 heterocycles. The van der Waals surface area contributed by atoms with Crippen molar-refractivity contribution < 1.29 is 14.3 Å². The molecule has 1 saturated heterocycles. The second-order valence-electron chi connectivity index (χ2n) is 4.86. The van der Waals surface area contributed by atoms with E-state index >= 15 is 0 Å². The van der Waals surface area contributed by atoms with Crippen LogP contribution in [0.4, 0.5) is 0 Å². The molecule has 0 aromatic heterocycles. The third-order valence-corrected chi connectivity index (χ3v) is 3.50. The number of nitrogens with one attached hydrogen (secondary N) is 1. The van der Waals surface area contributed by atoms with Gasteiger partial charge in [0.25, 0.3) is 5.91 Å². The SMILES string of the molecule is COc1cccc(C)c1C(=O)NCCN1CCOCC1. The van der Waals surface area contributed by atoms with Gasteiger partial charge in [0.1, 0.15) is 5.75 Å². The van der Waals surface area contributed by atoms with E-state index in [-0.39, 0.29) is 5.91 Å². The number of methoxy groups -OCH3 is 1. The molecule has 5 nitrogen and oxygen atoms in total. The summed E-state index contributed by atoms with van der Waals surface area (Å²) in [5, 5.41) is 2.96. The Morgan fingerprint density at radius 3 is 2.85 bits per heavy atom. The largest absolute Gasteiger partial charge is 0.496 e. The van der Waals surface area contributed by atoms with Crippen LogP contribution in [-0.4, -0.2) is 57.3 Å². The first kappa shape index (κ1) is 14.8. The zero-order chi connectivity index (χ0) is 14.4. The summed E-state index contributed by atoms with van der Waals surface area (Å²) in [4.78, 5) is 14.5. The van der Waals surface area contributed by atoms with Gasteiger partial charge in [0.15, 0.2) is 0 Å². The predicted octanol–water partition coefficient (Wildman–Crippen LogP) is 1.07. The molecule has 0 atom stereocenters. The number of morpholine rings is 1. The van der Waals surface area contributed by atoms with Gasteiger partial charge in [-0.05, 0) is 18.6 Å². The van der Waals surface area contributed by atoms with Gasteiger partial charge < -0.3 is 14.8 Å². The molecular formula is C15H22N2O3. The lowest BCUT2D eigenvalue weighted by Gasteiger charge is -2.26. The smallest absolute Gasteiger partial charge is 0.255 e. The highest BCUT2D eigenvalue weighted by Gasteiger charge is 2.15. The molecule has 110 valence electrons. The van der Waals surface area contributed by atoms with Gasteiger partial charge in [-0.15, -0.1) is 0 Å². The molecule has 1 aromatic rings. The minimum Gasteiger partial charge on any atom is -0.496 e. The van der Waals surface area contributed by atoms with Crippen LogP contribution in [0.2, 0.25) is 0 Å². The maximum absolute atomic E-state index is 12.3. The molecule has 0 unspecified atom stereocenters. The standard InChI is InChI=1S/C15H22N2O3/c1-12-4-3-5-13(19-2)14(12)15(18)16-6-7-17-8-10-20-11-9-17/h3-5H,6-11H2,1-2H3,(H,16,18). The van der Waals surface area contributed by atoms with Crippen molar-refractivity contribution in [2.24, 2.45) is 0 Å². The maximum Gasteiger partial charge on any atom is 0.255 e. The highest BCUT2D eigenvalue weighted by Crippen LogP contribution is 2.21. The van der Waals surface area contributed by atoms with Crippen molar-refractivity contribution in [2.75, 3.05) is 46.5 Å². The molecule has 1 N–H and O–H groups in total. The molecule has 0 aliphatic carbocycles. The molecule has 0 saturated carbocycles. The lowest BCUT2D eigenvalue weighted by Crippen LogP contribution is -2.41. The molecule has 0 radical (unpaired) electrons. The van der Waals surface area contributed by atoms with Crippen molar-refractivity contribution in [1.82, 2.24) is 10.2 Å². The van der Waals surface area contributed by atoms with E-state index < -0.39 is 0 Å². The fourth-order valence-electron chi connectivity index (χ4n) is 2.34. The summed E-state index contributed by atoms with van der Waals surface area (Å²) in [6.07, 6.45) is 0. The summed E-state index contributed by atoms with van der Waals surface area (Å²) in [5.41, 5.74) is 1.55. The third-order valence-electron chi connectivity index (χ3n) is 3.50. The summed E-state index contributed by atoms with van der Waals surface area (Å²) in [7, 11) is 1.58. The van der Waals surface area contributed by atoms with Gasteiger partial charge >= 0.3 is 0 Å². The molecular weight excluding hydrogens is 256 g/mol. The van der Waals surface area contributed by atoms with E-state index in [1.54, 1.807) is 7.11 Å². The Balaban J connectivity index is 1.88. The van der Waals surface area contributed by atoms with Crippen molar-refractivity contribution in [1.29, 1.82) is 0 Å². The Hall–Kier alpha value is -1.59. The summed E-state index contributed by atoms with van der Waals surface area (Å²) in [6, 6.07) is 5.61. The van der Waals surface area contributed by atoms with Crippen LogP contribution in [0.25, 0.3) is 0 Å². The first-order valence-corrected chi connectivity index (χ1v) is 6.94. The van der Waals surface area contributed by atoms with Crippen molar-refractivity contribution in [2.45, 2.75) is 6.92 Å². The Kier molecular flexibility index (Phi) is 5.38. The van der Waals surface area contributed by atoms with E-state index in [1.165, 1.54) is 0 Å². The number of ether oxygens (including phenoxy) is 2. The van der Waals surface area contributed by atoms with E-state index in [9.17, 15) is 4.79 Å². The molecule has 0 bridgehead atoms. The van der Waals surface area contributed by atoms with Gasteiger partial charge in [-0.25, -0.2) is 0 Å². The van der Waals surface area contributed by atoms with Crippen LogP contribution in [0.15, 0.2) is 18.2 Å². The lowest BCUT2D eigenvalue weighted by atomic mass is 10.1. The van der Waals surface area contributed by atoms with Crippen LogP contribution in [0, 0.1) is 6.92 Å². The quantitative estimate of drug-likeness (QED) is 0.875. The fraction of sp³-hybridized carbons (Fsp3) is 0.533. The van der Waals surface area contributed by atoms with Gasteiger partial charge in [0.2, 0.25) is 0 Å². The van der Waals surface area contributed by atoms with E-state index in [4.69, 9.17) is 9.47 Å². The minimum atomic E-state index is -0.0757. The number of hydrogen-bond donors (Lipinski definition) is 1. The molecule has 1 aromatic carbocycles. The summed E-state index contributed by atoms with van der Waals surface area (Å²) < 4.78 is 10.6. The highest BCUT2D eigenvalue weighted by molar-refractivity contribution is 5.98. The zero-order valence-electron chi connectivity index (χ0n) is 12.1. The van der Waals surface area contributed by atoms with Gasteiger partial charge in [0.05, 0.1) is 25.9 Å². The van der Waals surface area contributed by atoms with Crippen molar-refractivity contribution in [3.8, 4) is 5.75 Å². The van der Waals surface area contributed by atoms with Crippen molar-refractivity contribution in [3.63, 3.8) is 0 Å². The van der Waals surface area contributed by atoms with E-state index in [0.717, 1.165) is 38.4 Å². The number of hydrogen-bond acceptors (Lipinski definition) is 4. The number of carbonyl (C=O) groups excluding carboxylic acids is 1. The normalized spacial score (nSPS) is 15.9. The maximum atomic E-state index is 12.3. The lowest BCUT2D eigenvalue weighted by molar-refractivity contribution is 0.0383. The van der Waals surface area contributed by atoms with E-state index in [1.807, 2.05) is 25.1 Å². The molecule has 1 fully saturated rings. The van der Waals surface area contributed by atoms with Crippen LogP contribution in [-0.2, 0) is 4.74 Å². The fourth-order valence-corrected chi connectivity index (χ4v) is 2.34. The summed E-state index contributed by atoms with van der Waals surface area (Å²) in [6.45, 7) is 6.82. The van der Waals surface area contributed by atoms with Crippen LogP contribution in [0.5, 0.6) is 5.75 Å². The average molecular weight is 278 g/mol. The molecule has 0 spiro atoms. The zero-order valence-corrected chi connectivity index (χ0v) is 12.1. The number of aryl methyl sites for hydroxylation is 1. The third kappa shape index (κ3) is 3.71. The molecule has 5 heteroatoms. The molecule has 1 aliphatic heterocycles. The van der Waals surface area contributed by atoms with Crippen LogP contribution in [0.3, 0.4) is 0 Å². The Morgan fingerprint density at radius 1 is 1.40 bits per heavy atom. The van der Waals surface area contributed by atoms with Crippen LogP contribution in [0.1, 0.15) is 15.9 Å². The Labute approximate surface area is 119 Å². The van der Waals surface area contributed by atoms with E-state index in [2.05, 4.69) is 10.2 Å². The Bertz CT molecular complexity index is 456. The number of amides is 1. The van der Waals surface area contributed by atoms with Crippen LogP contribution < -0.4 is 10.1 Å². The first-order chi connectivity index (χ1) is 9.72. The number of carbonyl (C=O) groups is 1. The monoisotopic (exact) mass is 278 g/mol.